The number of hydrogen-bond acceptors (Lipinski definition) is 6. The molecule has 1 unspecified atom stereocenters. The van der Waals surface area contributed by atoms with Crippen molar-refractivity contribution in [1.82, 2.24) is 15.5 Å². The van der Waals surface area contributed by atoms with E-state index in [1.807, 2.05) is 32.0 Å². The molecule has 108 valence electrons. The molecular formula is C14H19N3O3. The van der Waals surface area contributed by atoms with Gasteiger partial charge in [0, 0.05) is 6.54 Å². The average Bonchev–Trinajstić information content (AvgIpc) is 2.93. The first-order valence-corrected chi connectivity index (χ1v) is 6.49. The van der Waals surface area contributed by atoms with E-state index in [0.29, 0.717) is 18.9 Å². The maximum Gasteiger partial charge on any atom is 0.213 e. The van der Waals surface area contributed by atoms with Gasteiger partial charge in [-0.3, -0.25) is 0 Å². The van der Waals surface area contributed by atoms with Crippen LogP contribution in [0.2, 0.25) is 0 Å². The van der Waals surface area contributed by atoms with E-state index in [0.717, 1.165) is 16.9 Å². The molecule has 0 aliphatic heterocycles. The Kier molecular flexibility index (Phi) is 5.09. The van der Waals surface area contributed by atoms with E-state index in [2.05, 4.69) is 20.0 Å². The highest BCUT2D eigenvalue weighted by molar-refractivity contribution is 5.35. The summed E-state index contributed by atoms with van der Waals surface area (Å²) in [4.78, 5) is 3.87. The molecule has 0 aliphatic carbocycles. The van der Waals surface area contributed by atoms with E-state index in [9.17, 15) is 5.11 Å². The van der Waals surface area contributed by atoms with Crippen LogP contribution in [0.25, 0.3) is 0 Å². The maximum atomic E-state index is 9.85. The highest BCUT2D eigenvalue weighted by Crippen LogP contribution is 2.19. The second kappa shape index (κ2) is 7.02. The van der Waals surface area contributed by atoms with Crippen LogP contribution in [0.4, 0.5) is 0 Å². The summed E-state index contributed by atoms with van der Waals surface area (Å²) in [7, 11) is 0. The average molecular weight is 277 g/mol. The van der Waals surface area contributed by atoms with Gasteiger partial charge in [-0.05, 0) is 31.0 Å². The third-order valence-electron chi connectivity index (χ3n) is 2.84. The third-order valence-corrected chi connectivity index (χ3v) is 2.84. The molecule has 0 saturated carbocycles. The van der Waals surface area contributed by atoms with Crippen LogP contribution >= 0.6 is 0 Å². The summed E-state index contributed by atoms with van der Waals surface area (Å²) in [5.41, 5.74) is 2.19. The van der Waals surface area contributed by atoms with Gasteiger partial charge in [-0.25, -0.2) is 0 Å². The number of aliphatic hydroxyl groups excluding tert-OH is 1. The van der Waals surface area contributed by atoms with Crippen LogP contribution in [0.15, 0.2) is 29.1 Å². The predicted octanol–water partition coefficient (Wildman–Crippen LogP) is 1.22. The van der Waals surface area contributed by atoms with Gasteiger partial charge in [0.15, 0.2) is 5.82 Å². The number of nitrogens with one attached hydrogen (secondary N) is 1. The topological polar surface area (TPSA) is 80.4 Å². The molecule has 0 aliphatic rings. The van der Waals surface area contributed by atoms with Crippen molar-refractivity contribution in [2.75, 3.05) is 13.2 Å². The Morgan fingerprint density at radius 2 is 2.25 bits per heavy atom. The number of aliphatic hydroxyl groups is 1. The van der Waals surface area contributed by atoms with Crippen molar-refractivity contribution >= 4 is 0 Å². The van der Waals surface area contributed by atoms with E-state index in [1.165, 1.54) is 6.39 Å². The molecule has 1 aromatic carbocycles. The molecule has 0 amide bonds. The molecule has 2 rings (SSSR count). The van der Waals surface area contributed by atoms with E-state index in [-0.39, 0.29) is 6.61 Å². The van der Waals surface area contributed by atoms with Crippen LogP contribution in [0.1, 0.15) is 17.0 Å². The first-order chi connectivity index (χ1) is 9.65. The zero-order valence-electron chi connectivity index (χ0n) is 11.7. The van der Waals surface area contributed by atoms with Crippen LogP contribution in [-0.4, -0.2) is 34.5 Å². The zero-order valence-corrected chi connectivity index (χ0v) is 11.7. The van der Waals surface area contributed by atoms with Crippen LogP contribution in [0.3, 0.4) is 0 Å². The normalized spacial score (nSPS) is 12.3. The summed E-state index contributed by atoms with van der Waals surface area (Å²) >= 11 is 0. The Labute approximate surface area is 117 Å². The minimum Gasteiger partial charge on any atom is -0.491 e. The van der Waals surface area contributed by atoms with E-state index < -0.39 is 6.10 Å². The standard InChI is InChI=1S/C14H19N3O3/c1-10-3-4-11(2)13(5-10)19-8-12(18)6-15-7-14-16-9-20-17-14/h3-5,9,12,15,18H,6-8H2,1-2H3. The van der Waals surface area contributed by atoms with Crippen molar-refractivity contribution in [2.45, 2.75) is 26.5 Å². The van der Waals surface area contributed by atoms with Gasteiger partial charge in [0.2, 0.25) is 6.39 Å². The first-order valence-electron chi connectivity index (χ1n) is 6.49. The smallest absolute Gasteiger partial charge is 0.213 e. The summed E-state index contributed by atoms with van der Waals surface area (Å²) in [5.74, 6) is 1.37. The second-order valence-electron chi connectivity index (χ2n) is 4.71. The number of hydrogen-bond donors (Lipinski definition) is 2. The molecular weight excluding hydrogens is 258 g/mol. The lowest BCUT2D eigenvalue weighted by molar-refractivity contribution is 0.105. The lowest BCUT2D eigenvalue weighted by Gasteiger charge is -2.14. The van der Waals surface area contributed by atoms with Crippen LogP contribution < -0.4 is 10.1 Å². The Balaban J connectivity index is 1.71. The number of ether oxygens (including phenoxy) is 1. The summed E-state index contributed by atoms with van der Waals surface area (Å²) < 4.78 is 10.2. The molecule has 2 N–H and O–H groups in total. The van der Waals surface area contributed by atoms with Crippen molar-refractivity contribution < 1.29 is 14.4 Å². The second-order valence-corrected chi connectivity index (χ2v) is 4.71. The molecule has 0 radical (unpaired) electrons. The van der Waals surface area contributed by atoms with Crippen molar-refractivity contribution in [3.8, 4) is 5.75 Å². The Hall–Kier alpha value is -1.92. The molecule has 1 heterocycles. The quantitative estimate of drug-likeness (QED) is 0.792. The fourth-order valence-corrected chi connectivity index (χ4v) is 1.73. The van der Waals surface area contributed by atoms with Gasteiger partial charge in [-0.2, -0.15) is 4.98 Å². The van der Waals surface area contributed by atoms with Crippen LogP contribution in [0.5, 0.6) is 5.75 Å². The molecule has 2 aromatic rings. The van der Waals surface area contributed by atoms with Gasteiger partial charge in [0.1, 0.15) is 18.5 Å². The van der Waals surface area contributed by atoms with Gasteiger partial charge >= 0.3 is 0 Å². The van der Waals surface area contributed by atoms with Crippen molar-refractivity contribution in [3.63, 3.8) is 0 Å². The summed E-state index contributed by atoms with van der Waals surface area (Å²) in [6.45, 7) is 5.09. The maximum absolute atomic E-state index is 9.85. The van der Waals surface area contributed by atoms with Gasteiger partial charge < -0.3 is 19.7 Å². The number of nitrogens with zero attached hydrogens (tertiary/aromatic N) is 2. The monoisotopic (exact) mass is 277 g/mol. The fourth-order valence-electron chi connectivity index (χ4n) is 1.73. The molecule has 6 heteroatoms. The SMILES string of the molecule is Cc1ccc(C)c(OCC(O)CNCc2ncon2)c1. The van der Waals surface area contributed by atoms with Crippen LogP contribution in [-0.2, 0) is 6.54 Å². The van der Waals surface area contributed by atoms with Gasteiger partial charge in [0.25, 0.3) is 0 Å². The highest BCUT2D eigenvalue weighted by atomic mass is 16.5. The fraction of sp³-hybridized carbons (Fsp3) is 0.429. The number of aryl methyl sites for hydroxylation is 2. The molecule has 0 bridgehead atoms. The molecule has 0 fully saturated rings. The molecule has 0 saturated heterocycles. The summed E-state index contributed by atoms with van der Waals surface area (Å²) in [6, 6.07) is 6.01. The van der Waals surface area contributed by atoms with Gasteiger partial charge in [0.05, 0.1) is 6.54 Å². The van der Waals surface area contributed by atoms with Crippen molar-refractivity contribution in [3.05, 3.63) is 41.5 Å². The lowest BCUT2D eigenvalue weighted by atomic mass is 10.1. The van der Waals surface area contributed by atoms with E-state index >= 15 is 0 Å². The van der Waals surface area contributed by atoms with Crippen LogP contribution in [0, 0.1) is 13.8 Å². The molecule has 1 aromatic heterocycles. The summed E-state index contributed by atoms with van der Waals surface area (Å²) in [5, 5.41) is 16.5. The molecule has 1 atom stereocenters. The molecule has 20 heavy (non-hydrogen) atoms. The van der Waals surface area contributed by atoms with E-state index in [1.54, 1.807) is 0 Å². The highest BCUT2D eigenvalue weighted by Gasteiger charge is 2.07. The first kappa shape index (κ1) is 14.5. The predicted molar refractivity (Wildman–Crippen MR) is 73.4 cm³/mol. The zero-order chi connectivity index (χ0) is 14.4. The molecule has 0 spiro atoms. The van der Waals surface area contributed by atoms with Gasteiger partial charge in [-0.15, -0.1) is 0 Å². The Morgan fingerprint density at radius 1 is 1.40 bits per heavy atom. The number of rotatable bonds is 7. The Morgan fingerprint density at radius 3 is 3.00 bits per heavy atom. The summed E-state index contributed by atoms with van der Waals surface area (Å²) in [6.07, 6.45) is 0.679. The van der Waals surface area contributed by atoms with Crippen molar-refractivity contribution in [2.24, 2.45) is 0 Å². The number of benzene rings is 1. The van der Waals surface area contributed by atoms with Crippen molar-refractivity contribution in [1.29, 1.82) is 0 Å². The lowest BCUT2D eigenvalue weighted by Crippen LogP contribution is -2.31. The largest absolute Gasteiger partial charge is 0.491 e. The minimum atomic E-state index is -0.596. The van der Waals surface area contributed by atoms with E-state index in [4.69, 9.17) is 4.74 Å². The Bertz CT molecular complexity index is 528. The minimum absolute atomic E-state index is 0.240. The third kappa shape index (κ3) is 4.32. The molecule has 6 nitrogen and oxygen atoms in total. The number of aromatic nitrogens is 2. The van der Waals surface area contributed by atoms with Gasteiger partial charge in [-0.1, -0.05) is 17.3 Å².